The van der Waals surface area contributed by atoms with E-state index in [0.29, 0.717) is 0 Å². The second kappa shape index (κ2) is 7.80. The first-order chi connectivity index (χ1) is 11.3. The lowest BCUT2D eigenvalue weighted by molar-refractivity contribution is -0.131. The van der Waals surface area contributed by atoms with Crippen LogP contribution < -0.4 is 0 Å². The van der Waals surface area contributed by atoms with Crippen LogP contribution in [0.15, 0.2) is 46.4 Å². The molecular formula is C21H26O2S. The second-order valence-electron chi connectivity index (χ2n) is 7.06. The first-order valence-electron chi connectivity index (χ1n) is 8.35. The molecule has 1 aromatic heterocycles. The van der Waals surface area contributed by atoms with Gasteiger partial charge in [0, 0.05) is 11.0 Å². The van der Waals surface area contributed by atoms with Crippen molar-refractivity contribution in [1.82, 2.24) is 0 Å². The average molecular weight is 343 g/mol. The summed E-state index contributed by atoms with van der Waals surface area (Å²) in [5.74, 6) is -0.912. The topological polar surface area (TPSA) is 37.3 Å². The summed E-state index contributed by atoms with van der Waals surface area (Å²) in [6.07, 6.45) is 13.2. The van der Waals surface area contributed by atoms with Crippen LogP contribution in [0, 0.1) is 5.41 Å². The summed E-state index contributed by atoms with van der Waals surface area (Å²) in [5.41, 5.74) is 5.11. The van der Waals surface area contributed by atoms with Crippen molar-refractivity contribution in [2.45, 2.75) is 47.0 Å². The number of aliphatic carboxylic acids is 1. The van der Waals surface area contributed by atoms with Gasteiger partial charge in [0.05, 0.1) is 0 Å². The van der Waals surface area contributed by atoms with Gasteiger partial charge in [0.25, 0.3) is 0 Å². The molecule has 0 fully saturated rings. The highest BCUT2D eigenvalue weighted by Gasteiger charge is 2.26. The van der Waals surface area contributed by atoms with Crippen LogP contribution in [0.5, 0.6) is 0 Å². The fraction of sp³-hybridized carbons (Fsp3) is 0.381. The Labute approximate surface area is 148 Å². The molecule has 0 saturated heterocycles. The zero-order valence-corrected chi connectivity index (χ0v) is 15.7. The number of carboxylic acid groups (broad SMARTS) is 1. The SMILES string of the molecule is CC1=C(/C=C/c2ccsc2/C=C/C(C)=C/C(=O)O)C(C)(C)CCC1. The Hall–Kier alpha value is -1.87. The van der Waals surface area contributed by atoms with E-state index in [1.54, 1.807) is 18.3 Å². The molecule has 24 heavy (non-hydrogen) atoms. The van der Waals surface area contributed by atoms with Crippen LogP contribution in [-0.2, 0) is 4.79 Å². The van der Waals surface area contributed by atoms with Crippen molar-refractivity contribution >= 4 is 29.5 Å². The largest absolute Gasteiger partial charge is 0.478 e. The molecule has 1 aromatic rings. The second-order valence-corrected chi connectivity index (χ2v) is 8.01. The Kier molecular flexibility index (Phi) is 6.00. The maximum Gasteiger partial charge on any atom is 0.328 e. The van der Waals surface area contributed by atoms with Gasteiger partial charge < -0.3 is 5.11 Å². The smallest absolute Gasteiger partial charge is 0.328 e. The normalized spacial score (nSPS) is 18.8. The standard InChI is InChI=1S/C21H26O2S/c1-15(14-20(22)23)7-10-19-17(11-13-24-19)8-9-18-16(2)6-5-12-21(18,3)4/h7-11,13-14H,5-6,12H2,1-4H3,(H,22,23)/b9-8+,10-7+,15-14+. The minimum Gasteiger partial charge on any atom is -0.478 e. The molecule has 0 bridgehead atoms. The van der Waals surface area contributed by atoms with Gasteiger partial charge in [-0.15, -0.1) is 11.3 Å². The molecule has 0 spiro atoms. The van der Waals surface area contributed by atoms with Gasteiger partial charge >= 0.3 is 5.97 Å². The molecule has 0 aliphatic heterocycles. The molecule has 128 valence electrons. The Morgan fingerprint density at radius 1 is 1.29 bits per heavy atom. The van der Waals surface area contributed by atoms with Gasteiger partial charge in [0.1, 0.15) is 0 Å². The van der Waals surface area contributed by atoms with Crippen LogP contribution in [0.25, 0.3) is 12.2 Å². The third kappa shape index (κ3) is 4.81. The van der Waals surface area contributed by atoms with Gasteiger partial charge in [-0.05, 0) is 72.8 Å². The van der Waals surface area contributed by atoms with E-state index >= 15 is 0 Å². The van der Waals surface area contributed by atoms with Crippen LogP contribution in [0.3, 0.4) is 0 Å². The Bertz CT molecular complexity index is 727. The predicted molar refractivity (Wildman–Crippen MR) is 104 cm³/mol. The monoisotopic (exact) mass is 342 g/mol. The lowest BCUT2D eigenvalue weighted by atomic mass is 9.72. The predicted octanol–water partition coefficient (Wildman–Crippen LogP) is 6.33. The number of thiophene rings is 1. The van der Waals surface area contributed by atoms with E-state index in [4.69, 9.17) is 5.11 Å². The van der Waals surface area contributed by atoms with Crippen LogP contribution in [0.1, 0.15) is 57.4 Å². The van der Waals surface area contributed by atoms with Crippen molar-refractivity contribution in [3.63, 3.8) is 0 Å². The molecule has 0 aromatic carbocycles. The van der Waals surface area contributed by atoms with Crippen molar-refractivity contribution in [2.75, 3.05) is 0 Å². The van der Waals surface area contributed by atoms with Crippen molar-refractivity contribution in [1.29, 1.82) is 0 Å². The average Bonchev–Trinajstić information content (AvgIpc) is 2.90. The van der Waals surface area contributed by atoms with Gasteiger partial charge in [-0.1, -0.05) is 37.6 Å². The van der Waals surface area contributed by atoms with Gasteiger partial charge in [-0.3, -0.25) is 0 Å². The minimum absolute atomic E-state index is 0.242. The maximum atomic E-state index is 10.7. The summed E-state index contributed by atoms with van der Waals surface area (Å²) >= 11 is 1.67. The fourth-order valence-electron chi connectivity index (χ4n) is 3.24. The summed E-state index contributed by atoms with van der Waals surface area (Å²) in [6, 6.07) is 2.11. The van der Waals surface area contributed by atoms with E-state index < -0.39 is 5.97 Å². The Balaban J connectivity index is 2.22. The number of allylic oxidation sites excluding steroid dienone is 5. The molecule has 2 rings (SSSR count). The number of rotatable bonds is 5. The van der Waals surface area contributed by atoms with Crippen LogP contribution in [0.4, 0.5) is 0 Å². The van der Waals surface area contributed by atoms with E-state index in [1.165, 1.54) is 42.0 Å². The van der Waals surface area contributed by atoms with E-state index in [-0.39, 0.29) is 5.41 Å². The summed E-state index contributed by atoms with van der Waals surface area (Å²) in [7, 11) is 0. The number of hydrogen-bond acceptors (Lipinski definition) is 2. The molecular weight excluding hydrogens is 316 g/mol. The van der Waals surface area contributed by atoms with Crippen molar-refractivity contribution in [2.24, 2.45) is 5.41 Å². The number of carboxylic acids is 1. The van der Waals surface area contributed by atoms with E-state index in [1.807, 2.05) is 12.2 Å². The van der Waals surface area contributed by atoms with E-state index in [9.17, 15) is 4.79 Å². The van der Waals surface area contributed by atoms with Crippen LogP contribution in [0.2, 0.25) is 0 Å². The molecule has 1 aliphatic rings. The quantitative estimate of drug-likeness (QED) is 0.501. The number of hydrogen-bond donors (Lipinski definition) is 1. The van der Waals surface area contributed by atoms with E-state index in [0.717, 1.165) is 10.5 Å². The third-order valence-electron chi connectivity index (χ3n) is 4.55. The summed E-state index contributed by atoms with van der Waals surface area (Å²) in [5, 5.41) is 10.8. The first kappa shape index (κ1) is 18.5. The van der Waals surface area contributed by atoms with E-state index in [2.05, 4.69) is 44.4 Å². The molecule has 1 N–H and O–H groups in total. The summed E-state index contributed by atoms with van der Waals surface area (Å²) in [6.45, 7) is 8.69. The molecule has 1 heterocycles. The van der Waals surface area contributed by atoms with Gasteiger partial charge in [-0.25, -0.2) is 4.79 Å². The Morgan fingerprint density at radius 3 is 2.71 bits per heavy atom. The lowest BCUT2D eigenvalue weighted by Crippen LogP contribution is -2.18. The van der Waals surface area contributed by atoms with Crippen molar-refractivity contribution < 1.29 is 9.90 Å². The highest BCUT2D eigenvalue weighted by Crippen LogP contribution is 2.41. The van der Waals surface area contributed by atoms with Gasteiger partial charge in [0.2, 0.25) is 0 Å². The Morgan fingerprint density at radius 2 is 2.04 bits per heavy atom. The third-order valence-corrected chi connectivity index (χ3v) is 5.45. The lowest BCUT2D eigenvalue weighted by Gasteiger charge is -2.32. The van der Waals surface area contributed by atoms with Crippen molar-refractivity contribution in [3.8, 4) is 0 Å². The minimum atomic E-state index is -0.912. The summed E-state index contributed by atoms with van der Waals surface area (Å²) in [4.78, 5) is 11.8. The molecule has 0 saturated carbocycles. The number of carbonyl (C=O) groups is 1. The molecule has 0 radical (unpaired) electrons. The highest BCUT2D eigenvalue weighted by molar-refractivity contribution is 7.11. The fourth-order valence-corrected chi connectivity index (χ4v) is 4.02. The summed E-state index contributed by atoms with van der Waals surface area (Å²) < 4.78 is 0. The van der Waals surface area contributed by atoms with Crippen LogP contribution in [-0.4, -0.2) is 11.1 Å². The molecule has 0 atom stereocenters. The zero-order valence-electron chi connectivity index (χ0n) is 14.9. The van der Waals surface area contributed by atoms with Crippen LogP contribution >= 0.6 is 11.3 Å². The maximum absolute atomic E-state index is 10.7. The molecule has 0 amide bonds. The highest BCUT2D eigenvalue weighted by atomic mass is 32.1. The molecule has 1 aliphatic carbocycles. The first-order valence-corrected chi connectivity index (χ1v) is 9.23. The molecule has 2 nitrogen and oxygen atoms in total. The molecule has 3 heteroatoms. The zero-order chi connectivity index (χ0) is 17.7. The van der Waals surface area contributed by atoms with Gasteiger partial charge in [-0.2, -0.15) is 0 Å². The van der Waals surface area contributed by atoms with Gasteiger partial charge in [0.15, 0.2) is 0 Å². The van der Waals surface area contributed by atoms with Crippen molar-refractivity contribution in [3.05, 3.63) is 56.8 Å². The molecule has 0 unspecified atom stereocenters.